The Bertz CT molecular complexity index is 591. The average Bonchev–Trinajstić information content (AvgIpc) is 2.97. The number of carboxylic acids is 1. The molecule has 1 aliphatic heterocycles. The normalized spacial score (nSPS) is 20.5. The Morgan fingerprint density at radius 2 is 1.86 bits per heavy atom. The van der Waals surface area contributed by atoms with Crippen LogP contribution in [0.5, 0.6) is 11.5 Å². The van der Waals surface area contributed by atoms with E-state index in [0.717, 1.165) is 0 Å². The number of amides is 1. The standard InChI is InChI=1S/C14H16ClNO6/c1-20-11-6-12(21-2)8(5-7(11)15)16-13(17)9-3-4-10(22-9)14(18)19/h5-6,9-10H,3-4H2,1-2H3,(H,16,17)(H,18,19)/t9-,10+/m0/s1. The highest BCUT2D eigenvalue weighted by Crippen LogP contribution is 2.36. The van der Waals surface area contributed by atoms with Crippen LogP contribution in [0.2, 0.25) is 5.02 Å². The molecule has 7 nitrogen and oxygen atoms in total. The van der Waals surface area contributed by atoms with Crippen LogP contribution in [-0.2, 0) is 14.3 Å². The number of hydrogen-bond donors (Lipinski definition) is 2. The third-order valence-corrected chi connectivity index (χ3v) is 3.61. The number of carboxylic acid groups (broad SMARTS) is 1. The number of methoxy groups -OCH3 is 2. The van der Waals surface area contributed by atoms with Gasteiger partial charge in [-0.05, 0) is 18.9 Å². The van der Waals surface area contributed by atoms with Crippen molar-refractivity contribution in [2.24, 2.45) is 0 Å². The predicted molar refractivity (Wildman–Crippen MR) is 78.7 cm³/mol. The fourth-order valence-electron chi connectivity index (χ4n) is 2.18. The van der Waals surface area contributed by atoms with E-state index >= 15 is 0 Å². The third-order valence-electron chi connectivity index (χ3n) is 3.32. The number of nitrogens with one attached hydrogen (secondary N) is 1. The minimum absolute atomic E-state index is 0.300. The van der Waals surface area contributed by atoms with E-state index in [1.54, 1.807) is 6.07 Å². The van der Waals surface area contributed by atoms with Gasteiger partial charge in [0.25, 0.3) is 5.91 Å². The van der Waals surface area contributed by atoms with Crippen molar-refractivity contribution in [3.63, 3.8) is 0 Å². The van der Waals surface area contributed by atoms with Gasteiger partial charge in [0.15, 0.2) is 6.10 Å². The number of benzene rings is 1. The summed E-state index contributed by atoms with van der Waals surface area (Å²) in [5, 5.41) is 11.8. The smallest absolute Gasteiger partial charge is 0.332 e. The first kappa shape index (κ1) is 16.4. The van der Waals surface area contributed by atoms with E-state index in [1.165, 1.54) is 20.3 Å². The Labute approximate surface area is 132 Å². The molecule has 0 saturated carbocycles. The Balaban J connectivity index is 2.12. The Morgan fingerprint density at radius 1 is 1.23 bits per heavy atom. The van der Waals surface area contributed by atoms with E-state index in [9.17, 15) is 9.59 Å². The number of ether oxygens (including phenoxy) is 3. The van der Waals surface area contributed by atoms with E-state index in [0.29, 0.717) is 35.1 Å². The van der Waals surface area contributed by atoms with Crippen LogP contribution in [0.25, 0.3) is 0 Å². The summed E-state index contributed by atoms with van der Waals surface area (Å²) in [5.74, 6) is -0.717. The summed E-state index contributed by atoms with van der Waals surface area (Å²) in [5.41, 5.74) is 0.362. The highest BCUT2D eigenvalue weighted by atomic mass is 35.5. The summed E-state index contributed by atoms with van der Waals surface area (Å²) < 4.78 is 15.4. The Hall–Kier alpha value is -1.99. The zero-order valence-electron chi connectivity index (χ0n) is 12.1. The molecule has 1 aliphatic rings. The van der Waals surface area contributed by atoms with E-state index in [1.807, 2.05) is 0 Å². The number of rotatable bonds is 5. The van der Waals surface area contributed by atoms with Crippen molar-refractivity contribution < 1.29 is 28.9 Å². The topological polar surface area (TPSA) is 94.1 Å². The first-order valence-corrected chi connectivity index (χ1v) is 6.94. The lowest BCUT2D eigenvalue weighted by molar-refractivity contribution is -0.150. The van der Waals surface area contributed by atoms with Crippen LogP contribution in [0.3, 0.4) is 0 Å². The minimum Gasteiger partial charge on any atom is -0.495 e. The molecule has 0 unspecified atom stereocenters. The zero-order chi connectivity index (χ0) is 16.3. The zero-order valence-corrected chi connectivity index (χ0v) is 12.8. The monoisotopic (exact) mass is 329 g/mol. The summed E-state index contributed by atoms with van der Waals surface area (Å²) in [7, 11) is 2.92. The van der Waals surface area contributed by atoms with Gasteiger partial charge in [-0.1, -0.05) is 11.6 Å². The molecule has 1 heterocycles. The maximum atomic E-state index is 12.2. The molecule has 0 radical (unpaired) electrons. The van der Waals surface area contributed by atoms with Gasteiger partial charge < -0.3 is 24.6 Å². The van der Waals surface area contributed by atoms with Gasteiger partial charge in [0.1, 0.15) is 17.6 Å². The SMILES string of the molecule is COc1cc(OC)c(NC(=O)[C@@H]2CC[C@H](C(=O)O)O2)cc1Cl. The molecule has 2 atom stereocenters. The first-order valence-electron chi connectivity index (χ1n) is 6.57. The largest absolute Gasteiger partial charge is 0.495 e. The van der Waals surface area contributed by atoms with E-state index in [2.05, 4.69) is 5.32 Å². The van der Waals surface area contributed by atoms with Gasteiger partial charge in [-0.25, -0.2) is 4.79 Å². The van der Waals surface area contributed by atoms with Gasteiger partial charge in [0, 0.05) is 6.07 Å². The maximum Gasteiger partial charge on any atom is 0.332 e. The molecule has 1 aromatic rings. The molecular formula is C14H16ClNO6. The Kier molecular flexibility index (Phi) is 5.10. The predicted octanol–water partition coefficient (Wildman–Crippen LogP) is 1.93. The molecule has 1 amide bonds. The summed E-state index contributed by atoms with van der Waals surface area (Å²) >= 11 is 6.03. The van der Waals surface area contributed by atoms with Crippen LogP contribution in [0.1, 0.15) is 12.8 Å². The summed E-state index contributed by atoms with van der Waals surface area (Å²) in [6, 6.07) is 3.05. The molecule has 0 aliphatic carbocycles. The van der Waals surface area contributed by atoms with Gasteiger partial charge >= 0.3 is 5.97 Å². The third kappa shape index (κ3) is 3.42. The molecule has 0 aromatic heterocycles. The number of carbonyl (C=O) groups excluding carboxylic acids is 1. The quantitative estimate of drug-likeness (QED) is 0.857. The van der Waals surface area contributed by atoms with E-state index in [4.69, 9.17) is 30.9 Å². The second-order valence-corrected chi connectivity index (χ2v) is 5.11. The van der Waals surface area contributed by atoms with Crippen LogP contribution in [0.15, 0.2) is 12.1 Å². The van der Waals surface area contributed by atoms with Gasteiger partial charge in [0.2, 0.25) is 0 Å². The second kappa shape index (κ2) is 6.85. The molecular weight excluding hydrogens is 314 g/mol. The van der Waals surface area contributed by atoms with Crippen molar-refractivity contribution in [2.75, 3.05) is 19.5 Å². The van der Waals surface area contributed by atoms with Crippen LogP contribution >= 0.6 is 11.6 Å². The highest BCUT2D eigenvalue weighted by molar-refractivity contribution is 6.32. The van der Waals surface area contributed by atoms with Gasteiger partial charge in [-0.3, -0.25) is 4.79 Å². The lowest BCUT2D eigenvalue weighted by Gasteiger charge is -2.15. The van der Waals surface area contributed by atoms with E-state index < -0.39 is 24.1 Å². The highest BCUT2D eigenvalue weighted by Gasteiger charge is 2.35. The van der Waals surface area contributed by atoms with E-state index in [-0.39, 0.29) is 0 Å². The van der Waals surface area contributed by atoms with Crippen molar-refractivity contribution in [1.82, 2.24) is 0 Å². The van der Waals surface area contributed by atoms with Crippen molar-refractivity contribution in [1.29, 1.82) is 0 Å². The van der Waals surface area contributed by atoms with Gasteiger partial charge in [-0.2, -0.15) is 0 Å². The number of hydrogen-bond acceptors (Lipinski definition) is 5. The second-order valence-electron chi connectivity index (χ2n) is 4.71. The molecule has 22 heavy (non-hydrogen) atoms. The van der Waals surface area contributed by atoms with Crippen LogP contribution in [0, 0.1) is 0 Å². The molecule has 1 saturated heterocycles. The molecule has 1 fully saturated rings. The molecule has 0 spiro atoms. The number of halogens is 1. The fraction of sp³-hybridized carbons (Fsp3) is 0.429. The summed E-state index contributed by atoms with van der Waals surface area (Å²) in [6.45, 7) is 0. The maximum absolute atomic E-state index is 12.2. The summed E-state index contributed by atoms with van der Waals surface area (Å²) in [4.78, 5) is 23.0. The molecule has 8 heteroatoms. The van der Waals surface area contributed by atoms with Crippen molar-refractivity contribution in [3.05, 3.63) is 17.2 Å². The van der Waals surface area contributed by atoms with Gasteiger partial charge in [0.05, 0.1) is 24.9 Å². The molecule has 1 aromatic carbocycles. The first-order chi connectivity index (χ1) is 10.5. The van der Waals surface area contributed by atoms with Crippen molar-refractivity contribution >= 4 is 29.2 Å². The van der Waals surface area contributed by atoms with Gasteiger partial charge in [-0.15, -0.1) is 0 Å². The van der Waals surface area contributed by atoms with Crippen LogP contribution in [0.4, 0.5) is 5.69 Å². The molecule has 2 N–H and O–H groups in total. The number of carbonyl (C=O) groups is 2. The minimum atomic E-state index is -1.07. The lowest BCUT2D eigenvalue weighted by atomic mass is 10.2. The van der Waals surface area contributed by atoms with Crippen LogP contribution < -0.4 is 14.8 Å². The number of anilines is 1. The van der Waals surface area contributed by atoms with Crippen LogP contribution in [-0.4, -0.2) is 43.4 Å². The van der Waals surface area contributed by atoms with Crippen molar-refractivity contribution in [3.8, 4) is 11.5 Å². The molecule has 0 bridgehead atoms. The van der Waals surface area contributed by atoms with Crippen molar-refractivity contribution in [2.45, 2.75) is 25.0 Å². The molecule has 120 valence electrons. The lowest BCUT2D eigenvalue weighted by Crippen LogP contribution is -2.30. The Morgan fingerprint density at radius 3 is 2.41 bits per heavy atom. The average molecular weight is 330 g/mol. The number of aliphatic carboxylic acids is 1. The molecule has 2 rings (SSSR count). The fourth-order valence-corrected chi connectivity index (χ4v) is 2.42. The summed E-state index contributed by atoms with van der Waals surface area (Å²) in [6.07, 6.45) is -1.12.